The zero-order valence-electron chi connectivity index (χ0n) is 13.4. The van der Waals surface area contributed by atoms with Gasteiger partial charge in [-0.2, -0.15) is 0 Å². The van der Waals surface area contributed by atoms with Crippen LogP contribution in [0.1, 0.15) is 65.2 Å². The Hall–Kier alpha value is -1.10. The quantitative estimate of drug-likeness (QED) is 0.578. The van der Waals surface area contributed by atoms with Crippen molar-refractivity contribution in [2.45, 2.75) is 70.8 Å². The maximum absolute atomic E-state index is 12.3. The van der Waals surface area contributed by atoms with E-state index in [0.717, 1.165) is 45.1 Å². The van der Waals surface area contributed by atoms with E-state index in [1.165, 1.54) is 0 Å². The summed E-state index contributed by atoms with van der Waals surface area (Å²) in [5, 5.41) is 15.2. The van der Waals surface area contributed by atoms with Gasteiger partial charge in [0.15, 0.2) is 0 Å². The summed E-state index contributed by atoms with van der Waals surface area (Å²) >= 11 is 0. The van der Waals surface area contributed by atoms with Crippen LogP contribution >= 0.6 is 0 Å². The molecule has 0 radical (unpaired) electrons. The summed E-state index contributed by atoms with van der Waals surface area (Å²) in [6, 6.07) is 0. The molecule has 2 atom stereocenters. The van der Waals surface area contributed by atoms with Crippen LogP contribution in [0.4, 0.5) is 0 Å². The maximum atomic E-state index is 12.3. The van der Waals surface area contributed by atoms with E-state index in [-0.39, 0.29) is 17.9 Å². The lowest BCUT2D eigenvalue weighted by Crippen LogP contribution is -2.53. The summed E-state index contributed by atoms with van der Waals surface area (Å²) in [4.78, 5) is 23.0. The molecule has 1 fully saturated rings. The molecule has 1 saturated heterocycles. The van der Waals surface area contributed by atoms with E-state index < -0.39 is 5.97 Å². The average molecular weight is 298 g/mol. The van der Waals surface area contributed by atoms with Gasteiger partial charge >= 0.3 is 5.97 Å². The number of hydrogen-bond donors (Lipinski definition) is 3. The van der Waals surface area contributed by atoms with E-state index in [1.807, 2.05) is 6.92 Å². The minimum Gasteiger partial charge on any atom is -0.481 e. The van der Waals surface area contributed by atoms with Crippen molar-refractivity contribution in [3.63, 3.8) is 0 Å². The first-order valence-corrected chi connectivity index (χ1v) is 8.29. The van der Waals surface area contributed by atoms with E-state index in [4.69, 9.17) is 5.11 Å². The molecule has 0 aromatic carbocycles. The van der Waals surface area contributed by atoms with Crippen LogP contribution in [-0.2, 0) is 9.59 Å². The summed E-state index contributed by atoms with van der Waals surface area (Å²) in [6.07, 6.45) is 6.66. The number of rotatable bonds is 10. The molecule has 21 heavy (non-hydrogen) atoms. The fourth-order valence-electron chi connectivity index (χ4n) is 3.19. The molecule has 0 spiro atoms. The van der Waals surface area contributed by atoms with E-state index >= 15 is 0 Å². The highest BCUT2D eigenvalue weighted by Crippen LogP contribution is 2.23. The van der Waals surface area contributed by atoms with Crippen molar-refractivity contribution in [2.75, 3.05) is 13.1 Å². The molecule has 1 aliphatic rings. The Bertz CT molecular complexity index is 338. The van der Waals surface area contributed by atoms with Gasteiger partial charge in [-0.25, -0.2) is 0 Å². The molecule has 3 N–H and O–H groups in total. The van der Waals surface area contributed by atoms with Crippen molar-refractivity contribution < 1.29 is 14.7 Å². The van der Waals surface area contributed by atoms with Gasteiger partial charge in [0.2, 0.25) is 5.91 Å². The van der Waals surface area contributed by atoms with Crippen LogP contribution in [0.2, 0.25) is 0 Å². The Balaban J connectivity index is 2.35. The molecular weight excluding hydrogens is 268 g/mol. The summed E-state index contributed by atoms with van der Waals surface area (Å²) in [5.41, 5.74) is -0.374. The van der Waals surface area contributed by atoms with Crippen LogP contribution in [0.3, 0.4) is 0 Å². The Labute approximate surface area is 127 Å². The number of amides is 1. The Kier molecular flexibility index (Phi) is 7.72. The molecule has 5 nitrogen and oxygen atoms in total. The monoisotopic (exact) mass is 298 g/mol. The van der Waals surface area contributed by atoms with Gasteiger partial charge in [0.25, 0.3) is 0 Å². The highest BCUT2D eigenvalue weighted by molar-refractivity contribution is 5.86. The first-order valence-electron chi connectivity index (χ1n) is 8.29. The van der Waals surface area contributed by atoms with Crippen molar-refractivity contribution in [1.29, 1.82) is 0 Å². The van der Waals surface area contributed by atoms with Gasteiger partial charge in [-0.3, -0.25) is 9.59 Å². The zero-order chi connectivity index (χ0) is 15.7. The average Bonchev–Trinajstić information content (AvgIpc) is 2.94. The highest BCUT2D eigenvalue weighted by atomic mass is 16.4. The van der Waals surface area contributed by atoms with Crippen LogP contribution in [0.15, 0.2) is 0 Å². The second-order valence-corrected chi connectivity index (χ2v) is 6.10. The third-order valence-electron chi connectivity index (χ3n) is 4.58. The van der Waals surface area contributed by atoms with Crippen LogP contribution in [0, 0.1) is 5.92 Å². The van der Waals surface area contributed by atoms with E-state index in [2.05, 4.69) is 17.6 Å². The molecular formula is C16H30N2O3. The topological polar surface area (TPSA) is 78.4 Å². The number of carboxylic acid groups (broad SMARTS) is 1. The molecule has 1 amide bonds. The second kappa shape index (κ2) is 9.03. The van der Waals surface area contributed by atoms with Crippen LogP contribution in [-0.4, -0.2) is 35.6 Å². The minimum atomic E-state index is -0.736. The molecule has 1 aliphatic heterocycles. The lowest BCUT2D eigenvalue weighted by atomic mass is 9.92. The third-order valence-corrected chi connectivity index (χ3v) is 4.58. The van der Waals surface area contributed by atoms with Gasteiger partial charge in [0.1, 0.15) is 0 Å². The van der Waals surface area contributed by atoms with Gasteiger partial charge in [-0.05, 0) is 44.6 Å². The lowest BCUT2D eigenvalue weighted by molar-refractivity contribution is -0.137. The summed E-state index contributed by atoms with van der Waals surface area (Å²) in [5.74, 6) is -0.239. The number of carbonyl (C=O) groups excluding carboxylic acids is 1. The van der Waals surface area contributed by atoms with Crippen molar-refractivity contribution in [2.24, 2.45) is 5.92 Å². The summed E-state index contributed by atoms with van der Waals surface area (Å²) in [7, 11) is 0. The van der Waals surface area contributed by atoms with Gasteiger partial charge in [-0.1, -0.05) is 26.7 Å². The summed E-state index contributed by atoms with van der Waals surface area (Å²) < 4.78 is 0. The number of carbonyl (C=O) groups is 2. The van der Waals surface area contributed by atoms with E-state index in [0.29, 0.717) is 18.9 Å². The van der Waals surface area contributed by atoms with E-state index in [1.54, 1.807) is 0 Å². The SMILES string of the molecule is CCCC(CCNC(=O)C1(CC)CCCN1)CCC(=O)O. The number of nitrogens with one attached hydrogen (secondary N) is 2. The van der Waals surface area contributed by atoms with Crippen molar-refractivity contribution in [3.8, 4) is 0 Å². The number of hydrogen-bond acceptors (Lipinski definition) is 3. The molecule has 0 saturated carbocycles. The smallest absolute Gasteiger partial charge is 0.303 e. The highest BCUT2D eigenvalue weighted by Gasteiger charge is 2.38. The first-order chi connectivity index (χ1) is 10.0. The third kappa shape index (κ3) is 5.65. The minimum absolute atomic E-state index is 0.107. The van der Waals surface area contributed by atoms with E-state index in [9.17, 15) is 9.59 Å². The van der Waals surface area contributed by atoms with Crippen LogP contribution in [0.5, 0.6) is 0 Å². The molecule has 5 heteroatoms. The normalized spacial score (nSPS) is 23.0. The largest absolute Gasteiger partial charge is 0.481 e. The predicted octanol–water partition coefficient (Wildman–Crippen LogP) is 2.31. The Morgan fingerprint density at radius 2 is 2.05 bits per heavy atom. The van der Waals surface area contributed by atoms with Gasteiger partial charge in [-0.15, -0.1) is 0 Å². The number of aliphatic carboxylic acids is 1. The number of carboxylic acids is 1. The van der Waals surface area contributed by atoms with Gasteiger partial charge < -0.3 is 15.7 Å². The standard InChI is InChI=1S/C16H30N2O3/c1-3-6-13(7-8-14(19)20)9-12-17-15(21)16(4-2)10-5-11-18-16/h13,18H,3-12H2,1-2H3,(H,17,21)(H,19,20). The van der Waals surface area contributed by atoms with Crippen molar-refractivity contribution in [1.82, 2.24) is 10.6 Å². The fraction of sp³-hybridized carbons (Fsp3) is 0.875. The Morgan fingerprint density at radius 1 is 1.29 bits per heavy atom. The maximum Gasteiger partial charge on any atom is 0.303 e. The zero-order valence-corrected chi connectivity index (χ0v) is 13.4. The first kappa shape index (κ1) is 18.0. The predicted molar refractivity (Wildman–Crippen MR) is 83.2 cm³/mol. The fourth-order valence-corrected chi connectivity index (χ4v) is 3.19. The Morgan fingerprint density at radius 3 is 2.57 bits per heavy atom. The molecule has 1 rings (SSSR count). The lowest BCUT2D eigenvalue weighted by Gasteiger charge is -2.27. The molecule has 0 aromatic heterocycles. The summed E-state index contributed by atoms with van der Waals surface area (Å²) in [6.45, 7) is 5.72. The molecule has 0 bridgehead atoms. The molecule has 2 unspecified atom stereocenters. The van der Waals surface area contributed by atoms with Crippen molar-refractivity contribution in [3.05, 3.63) is 0 Å². The van der Waals surface area contributed by atoms with Crippen molar-refractivity contribution >= 4 is 11.9 Å². The van der Waals surface area contributed by atoms with Crippen LogP contribution in [0.25, 0.3) is 0 Å². The molecule has 122 valence electrons. The molecule has 0 aromatic rings. The van der Waals surface area contributed by atoms with Gasteiger partial charge in [0.05, 0.1) is 5.54 Å². The second-order valence-electron chi connectivity index (χ2n) is 6.10. The molecule has 0 aliphatic carbocycles. The van der Waals surface area contributed by atoms with Gasteiger partial charge in [0, 0.05) is 13.0 Å². The molecule has 1 heterocycles. The van der Waals surface area contributed by atoms with Crippen LogP contribution < -0.4 is 10.6 Å².